The van der Waals surface area contributed by atoms with Gasteiger partial charge in [0.05, 0.1) is 5.25 Å². The van der Waals surface area contributed by atoms with Crippen LogP contribution >= 0.6 is 0 Å². The van der Waals surface area contributed by atoms with E-state index >= 15 is 0 Å². The van der Waals surface area contributed by atoms with Crippen molar-refractivity contribution in [1.29, 1.82) is 0 Å². The molecule has 2 unspecified atom stereocenters. The molecule has 128 valence electrons. The van der Waals surface area contributed by atoms with Crippen LogP contribution in [0.3, 0.4) is 0 Å². The number of carbonyl (C=O) groups is 2. The van der Waals surface area contributed by atoms with Crippen LogP contribution in [-0.2, 0) is 27.0 Å². The highest BCUT2D eigenvalue weighted by molar-refractivity contribution is 7.84. The number of hydrogen-bond acceptors (Lipinski definition) is 3. The summed E-state index contributed by atoms with van der Waals surface area (Å²) in [5, 5.41) is 2.83. The molecule has 1 aliphatic carbocycles. The van der Waals surface area contributed by atoms with Gasteiger partial charge in [0, 0.05) is 6.04 Å². The second kappa shape index (κ2) is 6.89. The minimum Gasteiger partial charge on any atom is -0.349 e. The van der Waals surface area contributed by atoms with Crippen LogP contribution in [0.5, 0.6) is 0 Å². The molecule has 24 heavy (non-hydrogen) atoms. The van der Waals surface area contributed by atoms with Crippen molar-refractivity contribution < 1.29 is 13.8 Å². The summed E-state index contributed by atoms with van der Waals surface area (Å²) in [6, 6.07) is 7.88. The Hall–Kier alpha value is -1.95. The summed E-state index contributed by atoms with van der Waals surface area (Å²) < 4.78 is 14.5. The molecule has 1 fully saturated rings. The van der Waals surface area contributed by atoms with Crippen molar-refractivity contribution in [2.75, 3.05) is 0 Å². The van der Waals surface area contributed by atoms with E-state index in [1.165, 1.54) is 5.56 Å². The topological polar surface area (TPSA) is 75.3 Å². The number of benzene rings is 1. The highest BCUT2D eigenvalue weighted by atomic mass is 32.2. The maximum absolute atomic E-state index is 12.5. The van der Waals surface area contributed by atoms with E-state index in [0.29, 0.717) is 6.42 Å². The molecular weight excluding hydrogens is 324 g/mol. The second-order valence-corrected chi connectivity index (χ2v) is 7.88. The molecule has 1 aromatic carbocycles. The molecule has 0 spiro atoms. The second-order valence-electron chi connectivity index (χ2n) is 6.41. The predicted octanol–water partition coefficient (Wildman–Crippen LogP) is 1.85. The molecule has 2 aliphatic rings. The van der Waals surface area contributed by atoms with Crippen LogP contribution in [0.25, 0.3) is 5.57 Å². The van der Waals surface area contributed by atoms with Gasteiger partial charge in [0.1, 0.15) is 16.6 Å². The molecule has 6 heteroatoms. The Morgan fingerprint density at radius 3 is 2.54 bits per heavy atom. The van der Waals surface area contributed by atoms with Gasteiger partial charge in [-0.3, -0.25) is 14.3 Å². The zero-order valence-electron chi connectivity index (χ0n) is 13.9. The molecule has 2 atom stereocenters. The van der Waals surface area contributed by atoms with Gasteiger partial charge in [0.2, 0.25) is 0 Å². The van der Waals surface area contributed by atoms with Crippen LogP contribution < -0.4 is 10.0 Å². The van der Waals surface area contributed by atoms with Crippen LogP contribution in [0.1, 0.15) is 44.2 Å². The number of carbonyl (C=O) groups excluding carboxylic acids is 2. The molecule has 1 heterocycles. The van der Waals surface area contributed by atoms with E-state index in [9.17, 15) is 13.8 Å². The number of nitrogens with one attached hydrogen (secondary N) is 2. The Balaban J connectivity index is 1.95. The molecule has 2 amide bonds. The monoisotopic (exact) mass is 346 g/mol. The lowest BCUT2D eigenvalue weighted by molar-refractivity contribution is -0.123. The molecule has 5 nitrogen and oxygen atoms in total. The highest BCUT2D eigenvalue weighted by Crippen LogP contribution is 2.29. The number of rotatable bonds is 5. The fraction of sp³-hybridized carbons (Fsp3) is 0.444. The average molecular weight is 346 g/mol. The van der Waals surface area contributed by atoms with Gasteiger partial charge in [0.25, 0.3) is 11.8 Å². The van der Waals surface area contributed by atoms with Crippen molar-refractivity contribution in [3.05, 3.63) is 41.0 Å². The Labute approximate surface area is 144 Å². The first-order valence-corrected chi connectivity index (χ1v) is 9.55. The highest BCUT2D eigenvalue weighted by Gasteiger charge is 2.34. The maximum Gasteiger partial charge on any atom is 0.268 e. The van der Waals surface area contributed by atoms with Crippen LogP contribution in [-0.4, -0.2) is 27.3 Å². The van der Waals surface area contributed by atoms with Gasteiger partial charge in [-0.15, -0.1) is 0 Å². The summed E-state index contributed by atoms with van der Waals surface area (Å²) in [6.45, 7) is 3.99. The normalized spacial score (nSPS) is 22.1. The Bertz CT molecular complexity index is 720. The van der Waals surface area contributed by atoms with E-state index in [1.54, 1.807) is 0 Å². The first-order valence-electron chi connectivity index (χ1n) is 8.34. The fourth-order valence-corrected chi connectivity index (χ4v) is 3.86. The third-order valence-electron chi connectivity index (χ3n) is 4.37. The minimum atomic E-state index is -1.41. The molecule has 0 aromatic heterocycles. The Morgan fingerprint density at radius 2 is 1.96 bits per heavy atom. The average Bonchev–Trinajstić information content (AvgIpc) is 3.39. The molecular formula is C18H22N2O3S. The van der Waals surface area contributed by atoms with Crippen LogP contribution in [0.4, 0.5) is 0 Å². The van der Waals surface area contributed by atoms with Crippen molar-refractivity contribution in [3.63, 3.8) is 0 Å². The van der Waals surface area contributed by atoms with E-state index in [2.05, 4.69) is 17.0 Å². The molecule has 0 saturated heterocycles. The van der Waals surface area contributed by atoms with Gasteiger partial charge in [-0.05, 0) is 49.3 Å². The van der Waals surface area contributed by atoms with Crippen molar-refractivity contribution in [2.45, 2.75) is 50.8 Å². The summed E-state index contributed by atoms with van der Waals surface area (Å²) in [4.78, 5) is 24.9. The van der Waals surface area contributed by atoms with E-state index in [-0.39, 0.29) is 16.9 Å². The lowest BCUT2D eigenvalue weighted by Gasteiger charge is -2.25. The summed E-state index contributed by atoms with van der Waals surface area (Å²) in [6.07, 6.45) is 3.24. The van der Waals surface area contributed by atoms with Gasteiger partial charge < -0.3 is 5.32 Å². The third kappa shape index (κ3) is 3.59. The third-order valence-corrected chi connectivity index (χ3v) is 5.84. The van der Waals surface area contributed by atoms with E-state index < -0.39 is 22.8 Å². The zero-order valence-corrected chi connectivity index (χ0v) is 14.7. The smallest absolute Gasteiger partial charge is 0.268 e. The molecule has 3 rings (SSSR count). The molecule has 1 aliphatic heterocycles. The fourth-order valence-electron chi connectivity index (χ4n) is 2.84. The number of aryl methyl sites for hydroxylation is 1. The quantitative estimate of drug-likeness (QED) is 0.799. The summed E-state index contributed by atoms with van der Waals surface area (Å²) in [5.41, 5.74) is 2.88. The van der Waals surface area contributed by atoms with Crippen molar-refractivity contribution in [1.82, 2.24) is 10.0 Å². The van der Waals surface area contributed by atoms with Gasteiger partial charge in [-0.1, -0.05) is 31.2 Å². The first-order chi connectivity index (χ1) is 11.5. The molecule has 1 saturated carbocycles. The molecule has 0 bridgehead atoms. The van der Waals surface area contributed by atoms with Crippen LogP contribution in [0, 0.1) is 0 Å². The zero-order chi connectivity index (χ0) is 17.3. The van der Waals surface area contributed by atoms with Gasteiger partial charge in [0.15, 0.2) is 0 Å². The van der Waals surface area contributed by atoms with Crippen LogP contribution in [0.2, 0.25) is 0 Å². The van der Waals surface area contributed by atoms with E-state index in [4.69, 9.17) is 0 Å². The minimum absolute atomic E-state index is 0.0346. The predicted molar refractivity (Wildman–Crippen MR) is 94.3 cm³/mol. The van der Waals surface area contributed by atoms with Gasteiger partial charge >= 0.3 is 0 Å². The summed E-state index contributed by atoms with van der Waals surface area (Å²) >= 11 is 0. The molecule has 2 N–H and O–H groups in total. The number of hydrogen-bond donors (Lipinski definition) is 2. The van der Waals surface area contributed by atoms with E-state index in [1.807, 2.05) is 31.2 Å². The lowest BCUT2D eigenvalue weighted by atomic mass is 9.89. The number of amides is 2. The van der Waals surface area contributed by atoms with Gasteiger partial charge in [-0.2, -0.15) is 0 Å². The summed E-state index contributed by atoms with van der Waals surface area (Å²) in [7, 11) is -1.41. The lowest BCUT2D eigenvalue weighted by Crippen LogP contribution is -2.43. The standard InChI is InChI=1S/C18H22N2O3S/c1-3-12-4-6-13(7-5-12)15-10-11(2)19-17(21)16(15)18(22)20-24(23)14-8-9-14/h4-7,11,14H,3,8-10H2,1-2H3,(H,19,21)(H,20,22). The molecule has 1 aromatic rings. The van der Waals surface area contributed by atoms with Crippen molar-refractivity contribution >= 4 is 28.4 Å². The van der Waals surface area contributed by atoms with Crippen molar-refractivity contribution in [3.8, 4) is 0 Å². The molecule has 0 radical (unpaired) electrons. The largest absolute Gasteiger partial charge is 0.349 e. The SMILES string of the molecule is CCc1ccc(C2=C(C(=O)NS(=O)C3CC3)C(=O)NC(C)C2)cc1. The van der Waals surface area contributed by atoms with Gasteiger partial charge in [-0.25, -0.2) is 4.21 Å². The van der Waals surface area contributed by atoms with E-state index in [0.717, 1.165) is 30.4 Å². The maximum atomic E-state index is 12.5. The Morgan fingerprint density at radius 1 is 1.29 bits per heavy atom. The van der Waals surface area contributed by atoms with Crippen LogP contribution in [0.15, 0.2) is 29.8 Å². The first kappa shape index (κ1) is 16.9. The summed E-state index contributed by atoms with van der Waals surface area (Å²) in [5.74, 6) is -0.937. The Kier molecular flexibility index (Phi) is 4.85. The van der Waals surface area contributed by atoms with Crippen molar-refractivity contribution in [2.24, 2.45) is 0 Å².